The highest BCUT2D eigenvalue weighted by Gasteiger charge is 2.42. The third-order valence-corrected chi connectivity index (χ3v) is 1.40. The van der Waals surface area contributed by atoms with Crippen molar-refractivity contribution in [3.05, 3.63) is 24.2 Å². The maximum absolute atomic E-state index is 12.4. The average molecular weight is 207 g/mol. The lowest BCUT2D eigenvalue weighted by Gasteiger charge is -2.13. The van der Waals surface area contributed by atoms with E-state index < -0.39 is 18.2 Å². The molecule has 0 aromatic carbocycles. The highest BCUT2D eigenvalue weighted by molar-refractivity contribution is 5.76. The maximum atomic E-state index is 12.4. The first-order valence-electron chi connectivity index (χ1n) is 3.60. The predicted octanol–water partition coefficient (Wildman–Crippen LogP) is 1.16. The zero-order valence-corrected chi connectivity index (χ0v) is 6.95. The quantitative estimate of drug-likeness (QED) is 0.564. The van der Waals surface area contributed by atoms with E-state index in [1.165, 1.54) is 6.07 Å². The Kier molecular flexibility index (Phi) is 2.68. The Labute approximate surface area is 77.4 Å². The van der Waals surface area contributed by atoms with Gasteiger partial charge in [-0.2, -0.15) is 13.2 Å². The standard InChI is InChI=1S/C7H8F3N3O/c8-7(9,10)5(13-6(11)12)4-2-1-3-14-4/h1-3,5H,(H4,11,12,13). The van der Waals surface area contributed by atoms with Gasteiger partial charge < -0.3 is 15.9 Å². The molecule has 0 saturated carbocycles. The molecule has 1 aromatic heterocycles. The van der Waals surface area contributed by atoms with Crippen LogP contribution in [-0.2, 0) is 0 Å². The van der Waals surface area contributed by atoms with Crippen LogP contribution in [0.15, 0.2) is 27.8 Å². The van der Waals surface area contributed by atoms with Gasteiger partial charge in [-0.25, -0.2) is 4.99 Å². The van der Waals surface area contributed by atoms with Crippen LogP contribution in [0.3, 0.4) is 0 Å². The van der Waals surface area contributed by atoms with Crippen LogP contribution in [0.4, 0.5) is 13.2 Å². The number of nitrogens with zero attached hydrogens (tertiary/aromatic N) is 1. The van der Waals surface area contributed by atoms with Crippen molar-refractivity contribution in [2.45, 2.75) is 12.2 Å². The molecule has 0 aliphatic rings. The lowest BCUT2D eigenvalue weighted by molar-refractivity contribution is -0.152. The molecule has 0 saturated heterocycles. The van der Waals surface area contributed by atoms with Gasteiger partial charge in [0.25, 0.3) is 0 Å². The van der Waals surface area contributed by atoms with Crippen molar-refractivity contribution in [1.29, 1.82) is 0 Å². The summed E-state index contributed by atoms with van der Waals surface area (Å²) in [6.45, 7) is 0. The van der Waals surface area contributed by atoms with Crippen LogP contribution >= 0.6 is 0 Å². The smallest absolute Gasteiger partial charge is 0.418 e. The molecule has 14 heavy (non-hydrogen) atoms. The molecule has 0 fully saturated rings. The molecule has 0 bridgehead atoms. The van der Waals surface area contributed by atoms with Crippen LogP contribution in [0.25, 0.3) is 0 Å². The van der Waals surface area contributed by atoms with Gasteiger partial charge in [-0.15, -0.1) is 0 Å². The number of guanidine groups is 1. The lowest BCUT2D eigenvalue weighted by atomic mass is 10.2. The molecule has 0 radical (unpaired) electrons. The van der Waals surface area contributed by atoms with Gasteiger partial charge >= 0.3 is 6.18 Å². The molecule has 0 amide bonds. The molecule has 4 N–H and O–H groups in total. The summed E-state index contributed by atoms with van der Waals surface area (Å²) < 4.78 is 41.7. The summed E-state index contributed by atoms with van der Waals surface area (Å²) in [4.78, 5) is 3.04. The molecule has 1 rings (SSSR count). The van der Waals surface area contributed by atoms with E-state index in [4.69, 9.17) is 11.5 Å². The van der Waals surface area contributed by atoms with Gasteiger partial charge in [0.1, 0.15) is 5.76 Å². The fraction of sp³-hybridized carbons (Fsp3) is 0.286. The summed E-state index contributed by atoms with van der Waals surface area (Å²) >= 11 is 0. The highest BCUT2D eigenvalue weighted by Crippen LogP contribution is 2.35. The van der Waals surface area contributed by atoms with Crippen LogP contribution in [0.2, 0.25) is 0 Å². The van der Waals surface area contributed by atoms with E-state index in [1.54, 1.807) is 0 Å². The van der Waals surface area contributed by atoms with Crippen molar-refractivity contribution >= 4 is 5.96 Å². The van der Waals surface area contributed by atoms with Crippen molar-refractivity contribution < 1.29 is 17.6 Å². The molecule has 0 spiro atoms. The van der Waals surface area contributed by atoms with Crippen LogP contribution in [0, 0.1) is 0 Å². The van der Waals surface area contributed by atoms with E-state index in [1.807, 2.05) is 0 Å². The third-order valence-electron chi connectivity index (χ3n) is 1.40. The van der Waals surface area contributed by atoms with Gasteiger partial charge in [-0.1, -0.05) is 0 Å². The summed E-state index contributed by atoms with van der Waals surface area (Å²) in [5.41, 5.74) is 9.76. The number of hydrogen-bond donors (Lipinski definition) is 2. The molecule has 1 heterocycles. The number of aliphatic imine (C=N–C) groups is 1. The van der Waals surface area contributed by atoms with Crippen molar-refractivity contribution in [2.24, 2.45) is 16.5 Å². The summed E-state index contributed by atoms with van der Waals surface area (Å²) in [5.74, 6) is -0.977. The Hall–Kier alpha value is -1.66. The zero-order chi connectivity index (χ0) is 10.8. The predicted molar refractivity (Wildman–Crippen MR) is 43.3 cm³/mol. The van der Waals surface area contributed by atoms with Crippen molar-refractivity contribution in [1.82, 2.24) is 0 Å². The normalized spacial score (nSPS) is 13.6. The van der Waals surface area contributed by atoms with Crippen molar-refractivity contribution in [3.63, 3.8) is 0 Å². The first-order valence-corrected chi connectivity index (χ1v) is 3.60. The molecule has 0 aliphatic carbocycles. The van der Waals surface area contributed by atoms with Gasteiger partial charge in [0.05, 0.1) is 6.26 Å². The molecular weight excluding hydrogens is 199 g/mol. The fourth-order valence-electron chi connectivity index (χ4n) is 0.894. The van der Waals surface area contributed by atoms with Crippen LogP contribution in [0.1, 0.15) is 11.8 Å². The second kappa shape index (κ2) is 3.60. The van der Waals surface area contributed by atoms with Crippen LogP contribution < -0.4 is 11.5 Å². The third kappa shape index (κ3) is 2.41. The summed E-state index contributed by atoms with van der Waals surface area (Å²) in [5, 5.41) is 0. The Balaban J connectivity index is 3.01. The molecule has 0 aliphatic heterocycles. The monoisotopic (exact) mass is 207 g/mol. The first kappa shape index (κ1) is 10.4. The minimum absolute atomic E-state index is 0.342. The van der Waals surface area contributed by atoms with Gasteiger partial charge in [-0.05, 0) is 12.1 Å². The highest BCUT2D eigenvalue weighted by atomic mass is 19.4. The molecule has 1 unspecified atom stereocenters. The van der Waals surface area contributed by atoms with Gasteiger partial charge in [0.2, 0.25) is 6.04 Å². The number of hydrogen-bond acceptors (Lipinski definition) is 2. The van der Waals surface area contributed by atoms with Gasteiger partial charge in [0, 0.05) is 0 Å². The van der Waals surface area contributed by atoms with Crippen LogP contribution in [0.5, 0.6) is 0 Å². The first-order chi connectivity index (χ1) is 6.41. The molecular formula is C7H8F3N3O. The maximum Gasteiger partial charge on any atom is 0.418 e. The largest absolute Gasteiger partial charge is 0.467 e. The van der Waals surface area contributed by atoms with Crippen molar-refractivity contribution in [2.75, 3.05) is 0 Å². The Morgan fingerprint density at radius 2 is 2.07 bits per heavy atom. The second-order valence-electron chi connectivity index (χ2n) is 2.51. The minimum atomic E-state index is -4.57. The second-order valence-corrected chi connectivity index (χ2v) is 2.51. The molecule has 1 aromatic rings. The average Bonchev–Trinajstić information content (AvgIpc) is 2.49. The molecule has 7 heteroatoms. The summed E-state index contributed by atoms with van der Waals surface area (Å²) in [7, 11) is 0. The number of halogens is 3. The number of rotatable bonds is 2. The fourth-order valence-corrected chi connectivity index (χ4v) is 0.894. The SMILES string of the molecule is NC(N)=NC(c1ccco1)C(F)(F)F. The zero-order valence-electron chi connectivity index (χ0n) is 6.95. The summed E-state index contributed by atoms with van der Waals surface area (Å²) in [6.07, 6.45) is -3.45. The Morgan fingerprint density at radius 3 is 2.43 bits per heavy atom. The Morgan fingerprint density at radius 1 is 1.43 bits per heavy atom. The molecule has 78 valence electrons. The van der Waals surface area contributed by atoms with E-state index in [0.29, 0.717) is 0 Å². The van der Waals surface area contributed by atoms with Crippen LogP contribution in [-0.4, -0.2) is 12.1 Å². The molecule has 1 atom stereocenters. The number of nitrogens with two attached hydrogens (primary N) is 2. The number of alkyl halides is 3. The van der Waals surface area contributed by atoms with E-state index in [9.17, 15) is 13.2 Å². The van der Waals surface area contributed by atoms with E-state index in [2.05, 4.69) is 9.41 Å². The molecule has 4 nitrogen and oxygen atoms in total. The van der Waals surface area contributed by atoms with Gasteiger partial charge in [-0.3, -0.25) is 0 Å². The topological polar surface area (TPSA) is 77.5 Å². The Bertz CT molecular complexity index is 313. The lowest BCUT2D eigenvalue weighted by Crippen LogP contribution is -2.28. The van der Waals surface area contributed by atoms with E-state index in [0.717, 1.165) is 12.3 Å². The van der Waals surface area contributed by atoms with E-state index >= 15 is 0 Å². The van der Waals surface area contributed by atoms with Gasteiger partial charge in [0.15, 0.2) is 5.96 Å². The van der Waals surface area contributed by atoms with E-state index in [-0.39, 0.29) is 5.76 Å². The summed E-state index contributed by atoms with van der Waals surface area (Å²) in [6, 6.07) is 0.350. The minimum Gasteiger partial charge on any atom is -0.467 e. The van der Waals surface area contributed by atoms with Crippen molar-refractivity contribution in [3.8, 4) is 0 Å². The number of furan rings is 1.